The van der Waals surface area contributed by atoms with Crippen LogP contribution in [0.3, 0.4) is 0 Å². The number of anilines is 1. The number of carbonyl (C=O) groups excluding carboxylic acids is 2. The molecule has 1 aromatic heterocycles. The highest BCUT2D eigenvalue weighted by Gasteiger charge is 2.14. The monoisotopic (exact) mass is 293 g/mol. The summed E-state index contributed by atoms with van der Waals surface area (Å²) in [5.41, 5.74) is 0.717. The molecule has 0 saturated heterocycles. The Morgan fingerprint density at radius 1 is 1.35 bits per heavy atom. The molecule has 1 aromatic carbocycles. The highest BCUT2D eigenvalue weighted by molar-refractivity contribution is 6.34. The molecule has 0 aliphatic carbocycles. The number of amides is 1. The minimum Gasteiger partial charge on any atom is -0.462 e. The van der Waals surface area contributed by atoms with E-state index in [4.69, 9.17) is 20.8 Å². The first kappa shape index (κ1) is 14.1. The Morgan fingerprint density at radius 2 is 2.15 bits per heavy atom. The van der Waals surface area contributed by atoms with Crippen LogP contribution >= 0.6 is 11.6 Å². The van der Waals surface area contributed by atoms with Gasteiger partial charge in [-0.05, 0) is 37.3 Å². The van der Waals surface area contributed by atoms with Gasteiger partial charge in [-0.15, -0.1) is 0 Å². The standard InChI is InChI=1S/C14H12ClNO4/c1-2-19-14(18)10-6-5-9(8-11(10)15)16-13(17)12-4-3-7-20-12/h3-8H,2H2,1H3,(H,16,17). The third-order valence-electron chi connectivity index (χ3n) is 2.47. The van der Waals surface area contributed by atoms with Gasteiger partial charge in [0, 0.05) is 5.69 Å². The lowest BCUT2D eigenvalue weighted by atomic mass is 10.2. The molecule has 104 valence electrons. The van der Waals surface area contributed by atoms with Gasteiger partial charge in [0.15, 0.2) is 5.76 Å². The van der Waals surface area contributed by atoms with Crippen molar-refractivity contribution < 1.29 is 18.7 Å². The van der Waals surface area contributed by atoms with Crippen LogP contribution in [0.4, 0.5) is 5.69 Å². The molecule has 2 aromatic rings. The predicted molar refractivity (Wildman–Crippen MR) is 74.1 cm³/mol. The molecule has 5 nitrogen and oxygen atoms in total. The molecule has 6 heteroatoms. The van der Waals surface area contributed by atoms with Crippen molar-refractivity contribution in [2.45, 2.75) is 6.92 Å². The van der Waals surface area contributed by atoms with Crippen molar-refractivity contribution in [1.82, 2.24) is 0 Å². The van der Waals surface area contributed by atoms with E-state index in [1.165, 1.54) is 18.4 Å². The molecule has 1 N–H and O–H groups in total. The number of hydrogen-bond acceptors (Lipinski definition) is 4. The van der Waals surface area contributed by atoms with Crippen molar-refractivity contribution in [3.05, 3.63) is 52.9 Å². The summed E-state index contributed by atoms with van der Waals surface area (Å²) in [7, 11) is 0. The third kappa shape index (κ3) is 3.19. The van der Waals surface area contributed by atoms with E-state index in [1.54, 1.807) is 25.1 Å². The molecule has 20 heavy (non-hydrogen) atoms. The van der Waals surface area contributed by atoms with Crippen LogP contribution in [-0.2, 0) is 4.74 Å². The second kappa shape index (κ2) is 6.25. The topological polar surface area (TPSA) is 68.5 Å². The van der Waals surface area contributed by atoms with Crippen molar-refractivity contribution in [2.24, 2.45) is 0 Å². The zero-order valence-corrected chi connectivity index (χ0v) is 11.4. The first-order valence-corrected chi connectivity index (χ1v) is 6.31. The second-order valence-electron chi connectivity index (χ2n) is 3.85. The molecule has 0 radical (unpaired) electrons. The lowest BCUT2D eigenvalue weighted by Gasteiger charge is -2.07. The van der Waals surface area contributed by atoms with E-state index in [2.05, 4.69) is 5.32 Å². The van der Waals surface area contributed by atoms with Crippen molar-refractivity contribution in [3.63, 3.8) is 0 Å². The van der Waals surface area contributed by atoms with Crippen molar-refractivity contribution in [1.29, 1.82) is 0 Å². The molecule has 1 heterocycles. The van der Waals surface area contributed by atoms with Gasteiger partial charge in [-0.25, -0.2) is 4.79 Å². The Labute approximate surface area is 120 Å². The fourth-order valence-corrected chi connectivity index (χ4v) is 1.83. The summed E-state index contributed by atoms with van der Waals surface area (Å²) >= 11 is 5.99. The van der Waals surface area contributed by atoms with Gasteiger partial charge in [0.1, 0.15) is 0 Å². The Bertz CT molecular complexity index is 622. The van der Waals surface area contributed by atoms with E-state index in [9.17, 15) is 9.59 Å². The minimum atomic E-state index is -0.499. The molecular weight excluding hydrogens is 282 g/mol. The summed E-state index contributed by atoms with van der Waals surface area (Å²) in [4.78, 5) is 23.3. The van der Waals surface area contributed by atoms with Gasteiger partial charge >= 0.3 is 5.97 Å². The summed E-state index contributed by atoms with van der Waals surface area (Å²) in [5, 5.41) is 2.82. The largest absolute Gasteiger partial charge is 0.462 e. The average molecular weight is 294 g/mol. The molecular formula is C14H12ClNO4. The van der Waals surface area contributed by atoms with Gasteiger partial charge in [0.2, 0.25) is 0 Å². The fourth-order valence-electron chi connectivity index (χ4n) is 1.57. The highest BCUT2D eigenvalue weighted by atomic mass is 35.5. The zero-order valence-electron chi connectivity index (χ0n) is 10.7. The van der Waals surface area contributed by atoms with E-state index in [0.717, 1.165) is 0 Å². The lowest BCUT2D eigenvalue weighted by Crippen LogP contribution is -2.11. The summed E-state index contributed by atoms with van der Waals surface area (Å²) in [5.74, 6) is -0.702. The smallest absolute Gasteiger partial charge is 0.339 e. The second-order valence-corrected chi connectivity index (χ2v) is 4.25. The summed E-state index contributed by atoms with van der Waals surface area (Å²) in [6.07, 6.45) is 1.41. The number of halogens is 1. The molecule has 0 aliphatic rings. The Balaban J connectivity index is 2.13. The fraction of sp³-hybridized carbons (Fsp3) is 0.143. The normalized spacial score (nSPS) is 10.1. The summed E-state index contributed by atoms with van der Waals surface area (Å²) < 4.78 is 9.84. The van der Waals surface area contributed by atoms with Crippen LogP contribution in [0.1, 0.15) is 27.8 Å². The molecule has 0 fully saturated rings. The van der Waals surface area contributed by atoms with Gasteiger partial charge in [-0.3, -0.25) is 4.79 Å². The molecule has 0 unspecified atom stereocenters. The predicted octanol–water partition coefficient (Wildman–Crippen LogP) is 3.36. The first-order valence-electron chi connectivity index (χ1n) is 5.93. The molecule has 1 amide bonds. The van der Waals surface area contributed by atoms with Crippen LogP contribution in [0.5, 0.6) is 0 Å². The quantitative estimate of drug-likeness (QED) is 0.878. The molecule has 0 aliphatic heterocycles. The molecule has 2 rings (SSSR count). The van der Waals surface area contributed by atoms with E-state index in [1.807, 2.05) is 0 Å². The number of rotatable bonds is 4. The Hall–Kier alpha value is -2.27. The molecule has 0 spiro atoms. The number of nitrogens with one attached hydrogen (secondary N) is 1. The Morgan fingerprint density at radius 3 is 2.75 bits per heavy atom. The van der Waals surface area contributed by atoms with Crippen molar-refractivity contribution >= 4 is 29.2 Å². The number of carbonyl (C=O) groups is 2. The van der Waals surface area contributed by atoms with E-state index >= 15 is 0 Å². The van der Waals surface area contributed by atoms with Crippen LogP contribution < -0.4 is 5.32 Å². The Kier molecular flexibility index (Phi) is 4.42. The first-order chi connectivity index (χ1) is 9.61. The minimum absolute atomic E-state index is 0.190. The van der Waals surface area contributed by atoms with Gasteiger partial charge in [-0.2, -0.15) is 0 Å². The molecule has 0 atom stereocenters. The van der Waals surface area contributed by atoms with Crippen molar-refractivity contribution in [3.8, 4) is 0 Å². The maximum absolute atomic E-state index is 11.8. The highest BCUT2D eigenvalue weighted by Crippen LogP contribution is 2.22. The number of esters is 1. The number of hydrogen-bond donors (Lipinski definition) is 1. The molecule has 0 saturated carbocycles. The van der Waals surface area contributed by atoms with Crippen LogP contribution in [0, 0.1) is 0 Å². The van der Waals surface area contributed by atoms with Crippen LogP contribution in [0.15, 0.2) is 41.0 Å². The maximum Gasteiger partial charge on any atom is 0.339 e. The lowest BCUT2D eigenvalue weighted by molar-refractivity contribution is 0.0526. The van der Waals surface area contributed by atoms with Gasteiger partial charge < -0.3 is 14.5 Å². The third-order valence-corrected chi connectivity index (χ3v) is 2.78. The number of ether oxygens (including phenoxy) is 1. The van der Waals surface area contributed by atoms with Crippen LogP contribution in [0.2, 0.25) is 5.02 Å². The van der Waals surface area contributed by atoms with Crippen LogP contribution in [-0.4, -0.2) is 18.5 Å². The maximum atomic E-state index is 11.8. The SMILES string of the molecule is CCOC(=O)c1ccc(NC(=O)c2ccco2)cc1Cl. The summed E-state index contributed by atoms with van der Waals surface area (Å²) in [6.45, 7) is 1.98. The molecule has 0 bridgehead atoms. The average Bonchev–Trinajstić information content (AvgIpc) is 2.93. The van der Waals surface area contributed by atoms with Gasteiger partial charge in [0.05, 0.1) is 23.5 Å². The van der Waals surface area contributed by atoms with E-state index in [-0.39, 0.29) is 23.0 Å². The van der Waals surface area contributed by atoms with Crippen molar-refractivity contribution in [2.75, 3.05) is 11.9 Å². The van der Waals surface area contributed by atoms with Gasteiger partial charge in [0.25, 0.3) is 5.91 Å². The zero-order chi connectivity index (χ0) is 14.5. The number of benzene rings is 1. The van der Waals surface area contributed by atoms with Crippen LogP contribution in [0.25, 0.3) is 0 Å². The number of furan rings is 1. The van der Waals surface area contributed by atoms with Gasteiger partial charge in [-0.1, -0.05) is 11.6 Å². The van der Waals surface area contributed by atoms with E-state index < -0.39 is 11.9 Å². The van der Waals surface area contributed by atoms with E-state index in [0.29, 0.717) is 5.69 Å². The summed E-state index contributed by atoms with van der Waals surface area (Å²) in [6, 6.07) is 7.71.